The predicted octanol–water partition coefficient (Wildman–Crippen LogP) is 2.97. The van der Waals surface area contributed by atoms with E-state index in [0.717, 1.165) is 30.4 Å². The molecule has 0 radical (unpaired) electrons. The van der Waals surface area contributed by atoms with Gasteiger partial charge in [0.25, 0.3) is 0 Å². The summed E-state index contributed by atoms with van der Waals surface area (Å²) in [5, 5.41) is 0. The maximum Gasteiger partial charge on any atom is 0.334 e. The third-order valence-corrected chi connectivity index (χ3v) is 7.81. The van der Waals surface area contributed by atoms with E-state index >= 15 is 0 Å². The Hall–Kier alpha value is -1.42. The number of fused-ring (bicyclic) bond motifs is 4. The zero-order chi connectivity index (χ0) is 17.1. The second kappa shape index (κ2) is 4.04. The lowest BCUT2D eigenvalue weighted by Gasteiger charge is -2.57. The second-order valence-electron chi connectivity index (χ2n) is 9.09. The fourth-order valence-electron chi connectivity index (χ4n) is 6.45. The smallest absolute Gasteiger partial charge is 0.334 e. The molecule has 0 amide bonds. The highest BCUT2D eigenvalue weighted by atomic mass is 16.6. The molecule has 24 heavy (non-hydrogen) atoms. The van der Waals surface area contributed by atoms with Crippen molar-refractivity contribution in [2.24, 2.45) is 22.7 Å². The summed E-state index contributed by atoms with van der Waals surface area (Å²) in [6, 6.07) is 0. The Bertz CT molecular complexity index is 745. The summed E-state index contributed by atoms with van der Waals surface area (Å²) in [4.78, 5) is 24.5. The van der Waals surface area contributed by atoms with Crippen LogP contribution in [0.3, 0.4) is 0 Å². The largest absolute Gasteiger partial charge is 0.454 e. The molecule has 3 aliphatic carbocycles. The van der Waals surface area contributed by atoms with Gasteiger partial charge in [-0.2, -0.15) is 0 Å². The van der Waals surface area contributed by atoms with Gasteiger partial charge in [0.1, 0.15) is 17.8 Å². The molecule has 4 heteroatoms. The number of hydrogen-bond donors (Lipinski definition) is 0. The molecule has 0 aromatic carbocycles. The molecule has 5 aliphatic rings. The number of rotatable bonds is 0. The van der Waals surface area contributed by atoms with Crippen LogP contribution < -0.4 is 0 Å². The number of ketones is 1. The molecule has 128 valence electrons. The quantitative estimate of drug-likeness (QED) is 0.507. The van der Waals surface area contributed by atoms with Gasteiger partial charge in [-0.1, -0.05) is 26.8 Å². The van der Waals surface area contributed by atoms with Crippen molar-refractivity contribution in [3.63, 3.8) is 0 Å². The summed E-state index contributed by atoms with van der Waals surface area (Å²) in [7, 11) is 0. The molecule has 1 saturated heterocycles. The van der Waals surface area contributed by atoms with E-state index in [0.29, 0.717) is 11.8 Å². The maximum absolute atomic E-state index is 12.4. The normalized spacial score (nSPS) is 50.7. The molecule has 1 spiro atoms. The molecule has 6 unspecified atom stereocenters. The molecular weight excluding hydrogens is 304 g/mol. The van der Waals surface area contributed by atoms with Crippen molar-refractivity contribution in [2.45, 2.75) is 64.8 Å². The van der Waals surface area contributed by atoms with Gasteiger partial charge in [-0.15, -0.1) is 0 Å². The van der Waals surface area contributed by atoms with E-state index in [2.05, 4.69) is 26.8 Å². The maximum atomic E-state index is 12.4. The summed E-state index contributed by atoms with van der Waals surface area (Å²) in [5.41, 5.74) is 1.27. The van der Waals surface area contributed by atoms with E-state index in [1.165, 1.54) is 0 Å². The SMILES string of the molecule is CC1=C2C(CC3C4(C)C=CC(=O)C(C)(C)C4CCC34OC24)OC1=O. The molecule has 2 heterocycles. The van der Waals surface area contributed by atoms with Crippen molar-refractivity contribution in [2.75, 3.05) is 0 Å². The van der Waals surface area contributed by atoms with E-state index < -0.39 is 0 Å². The first-order chi connectivity index (χ1) is 11.2. The van der Waals surface area contributed by atoms with Gasteiger partial charge in [0, 0.05) is 22.5 Å². The molecule has 0 aromatic rings. The highest BCUT2D eigenvalue weighted by Gasteiger charge is 2.75. The Morgan fingerprint density at radius 2 is 1.92 bits per heavy atom. The third kappa shape index (κ3) is 1.46. The summed E-state index contributed by atoms with van der Waals surface area (Å²) in [5.74, 6) is 0.654. The van der Waals surface area contributed by atoms with Crippen molar-refractivity contribution in [3.8, 4) is 0 Å². The van der Waals surface area contributed by atoms with Crippen molar-refractivity contribution in [1.82, 2.24) is 0 Å². The van der Waals surface area contributed by atoms with Crippen LogP contribution in [0.2, 0.25) is 0 Å². The van der Waals surface area contributed by atoms with Crippen LogP contribution in [0, 0.1) is 22.7 Å². The summed E-state index contributed by atoms with van der Waals surface area (Å²) in [6.45, 7) is 8.31. The first-order valence-corrected chi connectivity index (χ1v) is 9.05. The van der Waals surface area contributed by atoms with Crippen LogP contribution in [0.1, 0.15) is 47.0 Å². The molecule has 0 bridgehead atoms. The lowest BCUT2D eigenvalue weighted by Crippen LogP contribution is -2.58. The minimum atomic E-state index is -0.339. The minimum Gasteiger partial charge on any atom is -0.454 e. The number of allylic oxidation sites excluding steroid dienone is 2. The molecule has 6 atom stereocenters. The van der Waals surface area contributed by atoms with Crippen LogP contribution in [0.5, 0.6) is 0 Å². The first kappa shape index (κ1) is 14.9. The Labute approximate surface area is 142 Å². The first-order valence-electron chi connectivity index (χ1n) is 9.05. The fourth-order valence-corrected chi connectivity index (χ4v) is 6.45. The van der Waals surface area contributed by atoms with Gasteiger partial charge >= 0.3 is 5.97 Å². The van der Waals surface area contributed by atoms with Crippen molar-refractivity contribution in [3.05, 3.63) is 23.3 Å². The minimum absolute atomic E-state index is 0.0413. The fraction of sp³-hybridized carbons (Fsp3) is 0.700. The van der Waals surface area contributed by atoms with Crippen molar-refractivity contribution < 1.29 is 19.1 Å². The second-order valence-corrected chi connectivity index (χ2v) is 9.09. The molecule has 2 aliphatic heterocycles. The molecule has 2 saturated carbocycles. The standard InChI is InChI=1S/C20H24O4/c1-10-15-11(23-17(10)22)9-13-19(4)7-6-14(21)18(2,3)12(19)5-8-20(13)16(15)24-20/h6-7,11-13,16H,5,8-9H2,1-4H3. The third-order valence-electron chi connectivity index (χ3n) is 7.81. The summed E-state index contributed by atoms with van der Waals surface area (Å²) < 4.78 is 11.9. The number of epoxide rings is 1. The Morgan fingerprint density at radius 1 is 1.17 bits per heavy atom. The number of carbonyl (C=O) groups excluding carboxylic acids is 2. The Morgan fingerprint density at radius 3 is 2.67 bits per heavy atom. The lowest BCUT2D eigenvalue weighted by molar-refractivity contribution is -0.144. The van der Waals surface area contributed by atoms with Crippen LogP contribution in [0.15, 0.2) is 23.3 Å². The predicted molar refractivity (Wildman–Crippen MR) is 87.1 cm³/mol. The van der Waals surface area contributed by atoms with Gasteiger partial charge in [-0.3, -0.25) is 4.79 Å². The average molecular weight is 328 g/mol. The van der Waals surface area contributed by atoms with Crippen LogP contribution >= 0.6 is 0 Å². The van der Waals surface area contributed by atoms with E-state index in [4.69, 9.17) is 9.47 Å². The zero-order valence-corrected chi connectivity index (χ0v) is 14.7. The van der Waals surface area contributed by atoms with Gasteiger partial charge in [0.05, 0.1) is 0 Å². The van der Waals surface area contributed by atoms with E-state index in [1.54, 1.807) is 6.08 Å². The lowest BCUT2D eigenvalue weighted by atomic mass is 9.46. The summed E-state index contributed by atoms with van der Waals surface area (Å²) >= 11 is 0. The summed E-state index contributed by atoms with van der Waals surface area (Å²) in [6.07, 6.45) is 6.62. The molecule has 0 aromatic heterocycles. The Balaban J connectivity index is 1.61. The van der Waals surface area contributed by atoms with Crippen molar-refractivity contribution >= 4 is 11.8 Å². The van der Waals surface area contributed by atoms with Crippen LogP contribution in [-0.2, 0) is 19.1 Å². The topological polar surface area (TPSA) is 55.9 Å². The van der Waals surface area contributed by atoms with Crippen LogP contribution in [0.25, 0.3) is 0 Å². The number of carbonyl (C=O) groups is 2. The van der Waals surface area contributed by atoms with E-state index in [1.807, 2.05) is 6.92 Å². The molecule has 3 fully saturated rings. The zero-order valence-electron chi connectivity index (χ0n) is 14.7. The Kier molecular flexibility index (Phi) is 2.50. The van der Waals surface area contributed by atoms with Crippen LogP contribution in [-0.4, -0.2) is 29.6 Å². The molecule has 4 nitrogen and oxygen atoms in total. The number of ether oxygens (including phenoxy) is 2. The molecule has 5 rings (SSSR count). The van der Waals surface area contributed by atoms with Crippen molar-refractivity contribution in [1.29, 1.82) is 0 Å². The van der Waals surface area contributed by atoms with Crippen LogP contribution in [0.4, 0.5) is 0 Å². The molecule has 0 N–H and O–H groups in total. The van der Waals surface area contributed by atoms with Gasteiger partial charge in [0.2, 0.25) is 0 Å². The van der Waals surface area contributed by atoms with Gasteiger partial charge in [-0.05, 0) is 43.6 Å². The highest BCUT2D eigenvalue weighted by Crippen LogP contribution is 2.70. The van der Waals surface area contributed by atoms with Gasteiger partial charge in [0.15, 0.2) is 5.78 Å². The molecular formula is C20H24O4. The van der Waals surface area contributed by atoms with E-state index in [9.17, 15) is 9.59 Å². The highest BCUT2D eigenvalue weighted by molar-refractivity contribution is 5.96. The average Bonchev–Trinajstić information content (AvgIpc) is 3.16. The monoisotopic (exact) mass is 328 g/mol. The number of esters is 1. The van der Waals surface area contributed by atoms with Gasteiger partial charge < -0.3 is 9.47 Å². The van der Waals surface area contributed by atoms with E-state index in [-0.39, 0.29) is 40.4 Å². The number of hydrogen-bond acceptors (Lipinski definition) is 4. The van der Waals surface area contributed by atoms with Gasteiger partial charge in [-0.25, -0.2) is 4.79 Å².